The summed E-state index contributed by atoms with van der Waals surface area (Å²) < 4.78 is 0. The van der Waals surface area contributed by atoms with Crippen molar-refractivity contribution in [1.29, 1.82) is 0 Å². The fourth-order valence-corrected chi connectivity index (χ4v) is 1.51. The Morgan fingerprint density at radius 2 is 2.21 bits per heavy atom. The van der Waals surface area contributed by atoms with Crippen LogP contribution in [-0.4, -0.2) is 5.97 Å². The van der Waals surface area contributed by atoms with Crippen LogP contribution in [0.5, 0.6) is 0 Å². The van der Waals surface area contributed by atoms with E-state index in [-0.39, 0.29) is 5.97 Å². The van der Waals surface area contributed by atoms with Crippen LogP contribution in [0.15, 0.2) is 30.3 Å². The molecule has 0 radical (unpaired) electrons. The van der Waals surface area contributed by atoms with Gasteiger partial charge < -0.3 is 4.84 Å². The lowest BCUT2D eigenvalue weighted by atomic mass is 10.1. The van der Waals surface area contributed by atoms with Crippen LogP contribution in [-0.2, 0) is 16.1 Å². The summed E-state index contributed by atoms with van der Waals surface area (Å²) in [4.78, 5) is 15.3. The Morgan fingerprint density at radius 1 is 1.43 bits per heavy atom. The summed E-state index contributed by atoms with van der Waals surface area (Å²) in [5.74, 6) is -0.338. The van der Waals surface area contributed by atoms with E-state index in [4.69, 9.17) is 4.84 Å². The fourth-order valence-electron chi connectivity index (χ4n) is 1.51. The number of fused-ring (bicyclic) bond motifs is 1. The van der Waals surface area contributed by atoms with Gasteiger partial charge in [-0.2, -0.15) is 0 Å². The van der Waals surface area contributed by atoms with Crippen LogP contribution in [0.4, 0.5) is 0 Å². The van der Waals surface area contributed by atoms with E-state index in [2.05, 4.69) is 11.5 Å². The van der Waals surface area contributed by atoms with E-state index in [1.807, 2.05) is 24.3 Å². The van der Waals surface area contributed by atoms with Gasteiger partial charge in [0.05, 0.1) is 5.70 Å². The molecule has 0 amide bonds. The van der Waals surface area contributed by atoms with Crippen molar-refractivity contribution in [2.24, 2.45) is 0 Å². The Morgan fingerprint density at radius 3 is 3.00 bits per heavy atom. The molecule has 1 aliphatic carbocycles. The molecule has 1 aliphatic rings. The van der Waals surface area contributed by atoms with Gasteiger partial charge in [-0.1, -0.05) is 30.3 Å². The molecule has 0 bridgehead atoms. The van der Waals surface area contributed by atoms with Gasteiger partial charge in [0.25, 0.3) is 0 Å². The van der Waals surface area contributed by atoms with Gasteiger partial charge in [0.2, 0.25) is 0 Å². The monoisotopic (exact) mass is 189 g/mol. The highest BCUT2D eigenvalue weighted by atomic mass is 16.7. The molecule has 3 nitrogen and oxygen atoms in total. The average Bonchev–Trinajstić information content (AvgIpc) is 2.58. The third kappa shape index (κ3) is 1.62. The Hall–Kier alpha value is -1.77. The molecule has 1 aromatic rings. The molecule has 0 atom stereocenters. The quantitative estimate of drug-likeness (QED) is 0.719. The van der Waals surface area contributed by atoms with Crippen molar-refractivity contribution in [2.75, 3.05) is 0 Å². The van der Waals surface area contributed by atoms with Crippen LogP contribution in [0, 0.1) is 0 Å². The fraction of sp³-hybridized carbons (Fsp3) is 0.182. The van der Waals surface area contributed by atoms with E-state index < -0.39 is 0 Å². The number of nitrogens with one attached hydrogen (secondary N) is 1. The van der Waals surface area contributed by atoms with Crippen LogP contribution in [0.25, 0.3) is 5.70 Å². The Bertz CT molecular complexity index is 396. The van der Waals surface area contributed by atoms with E-state index in [9.17, 15) is 4.79 Å². The zero-order valence-electron chi connectivity index (χ0n) is 7.91. The molecule has 72 valence electrons. The van der Waals surface area contributed by atoms with Gasteiger partial charge in [-0.25, -0.2) is 5.48 Å². The molecule has 0 fully saturated rings. The lowest BCUT2D eigenvalue weighted by Gasteiger charge is -2.07. The van der Waals surface area contributed by atoms with E-state index >= 15 is 0 Å². The first-order valence-electron chi connectivity index (χ1n) is 4.49. The van der Waals surface area contributed by atoms with E-state index in [0.717, 1.165) is 17.7 Å². The van der Waals surface area contributed by atoms with Crippen molar-refractivity contribution in [3.05, 3.63) is 41.5 Å². The van der Waals surface area contributed by atoms with E-state index in [1.165, 1.54) is 12.5 Å². The normalized spacial score (nSPS) is 13.1. The maximum absolute atomic E-state index is 10.6. The largest absolute Gasteiger partial charge is 0.344 e. The van der Waals surface area contributed by atoms with Crippen molar-refractivity contribution in [3.8, 4) is 0 Å². The Balaban J connectivity index is 2.13. The number of carbonyl (C=O) groups is 1. The highest BCUT2D eigenvalue weighted by Gasteiger charge is 2.13. The minimum absolute atomic E-state index is 0.338. The summed E-state index contributed by atoms with van der Waals surface area (Å²) >= 11 is 0. The maximum atomic E-state index is 10.6. The average molecular weight is 189 g/mol. The third-order valence-electron chi connectivity index (χ3n) is 2.14. The molecule has 0 unspecified atom stereocenters. The predicted molar refractivity (Wildman–Crippen MR) is 53.0 cm³/mol. The minimum Gasteiger partial charge on any atom is -0.344 e. The third-order valence-corrected chi connectivity index (χ3v) is 2.14. The number of allylic oxidation sites excluding steroid dienone is 1. The molecule has 0 saturated heterocycles. The molecule has 1 N–H and O–H groups in total. The standard InChI is InChI=1S/C11H11NO2/c1-8(13)14-12-11-7-6-9-4-2-3-5-10(9)11/h2-5,7,12H,6H2,1H3. The van der Waals surface area contributed by atoms with Crippen molar-refractivity contribution >= 4 is 11.7 Å². The summed E-state index contributed by atoms with van der Waals surface area (Å²) in [7, 11) is 0. The molecule has 0 heterocycles. The summed E-state index contributed by atoms with van der Waals surface area (Å²) in [5, 5.41) is 0. The lowest BCUT2D eigenvalue weighted by Crippen LogP contribution is -2.15. The van der Waals surface area contributed by atoms with Gasteiger partial charge in [0, 0.05) is 12.5 Å². The second-order valence-corrected chi connectivity index (χ2v) is 3.17. The van der Waals surface area contributed by atoms with Gasteiger partial charge in [-0.15, -0.1) is 0 Å². The smallest absolute Gasteiger partial charge is 0.329 e. The van der Waals surface area contributed by atoms with Crippen LogP contribution in [0.2, 0.25) is 0 Å². The summed E-state index contributed by atoms with van der Waals surface area (Å²) in [5.41, 5.74) is 5.88. The molecular formula is C11H11NO2. The number of hydrogen-bond donors (Lipinski definition) is 1. The van der Waals surface area contributed by atoms with Crippen molar-refractivity contribution < 1.29 is 9.63 Å². The number of hydrogen-bond acceptors (Lipinski definition) is 3. The van der Waals surface area contributed by atoms with E-state index in [0.29, 0.717) is 0 Å². The van der Waals surface area contributed by atoms with Gasteiger partial charge >= 0.3 is 5.97 Å². The Labute approximate surface area is 82.3 Å². The summed E-state index contributed by atoms with van der Waals surface area (Å²) in [6.07, 6.45) is 2.90. The first-order chi connectivity index (χ1) is 6.77. The summed E-state index contributed by atoms with van der Waals surface area (Å²) in [6, 6.07) is 8.04. The predicted octanol–water partition coefficient (Wildman–Crippen LogP) is 1.65. The number of benzene rings is 1. The second kappa shape index (κ2) is 3.54. The molecule has 0 saturated carbocycles. The van der Waals surface area contributed by atoms with Crippen LogP contribution >= 0.6 is 0 Å². The van der Waals surface area contributed by atoms with Crippen molar-refractivity contribution in [1.82, 2.24) is 5.48 Å². The first-order valence-corrected chi connectivity index (χ1v) is 4.49. The van der Waals surface area contributed by atoms with Gasteiger partial charge in [0.1, 0.15) is 0 Å². The minimum atomic E-state index is -0.338. The van der Waals surface area contributed by atoms with Gasteiger partial charge in [0.15, 0.2) is 0 Å². The Kier molecular flexibility index (Phi) is 2.23. The second-order valence-electron chi connectivity index (χ2n) is 3.17. The number of rotatable bonds is 2. The van der Waals surface area contributed by atoms with Crippen LogP contribution in [0.1, 0.15) is 18.1 Å². The van der Waals surface area contributed by atoms with Crippen molar-refractivity contribution in [2.45, 2.75) is 13.3 Å². The first kappa shape index (κ1) is 8.81. The molecule has 0 aromatic heterocycles. The number of hydroxylamine groups is 1. The SMILES string of the molecule is CC(=O)ONC1=CCc2ccccc21. The topological polar surface area (TPSA) is 38.3 Å². The summed E-state index contributed by atoms with van der Waals surface area (Å²) in [6.45, 7) is 1.37. The zero-order chi connectivity index (χ0) is 9.97. The van der Waals surface area contributed by atoms with Gasteiger partial charge in [-0.3, -0.25) is 4.79 Å². The van der Waals surface area contributed by atoms with Gasteiger partial charge in [-0.05, 0) is 12.0 Å². The molecule has 3 heteroatoms. The molecule has 0 spiro atoms. The highest BCUT2D eigenvalue weighted by Crippen LogP contribution is 2.24. The zero-order valence-corrected chi connectivity index (χ0v) is 7.91. The molecule has 1 aromatic carbocycles. The molecular weight excluding hydrogens is 178 g/mol. The highest BCUT2D eigenvalue weighted by molar-refractivity contribution is 5.73. The van der Waals surface area contributed by atoms with E-state index in [1.54, 1.807) is 0 Å². The lowest BCUT2D eigenvalue weighted by molar-refractivity contribution is -0.145. The maximum Gasteiger partial charge on any atom is 0.329 e. The van der Waals surface area contributed by atoms with Crippen molar-refractivity contribution in [3.63, 3.8) is 0 Å². The van der Waals surface area contributed by atoms with Crippen LogP contribution in [0.3, 0.4) is 0 Å². The number of carbonyl (C=O) groups excluding carboxylic acids is 1. The molecule has 14 heavy (non-hydrogen) atoms. The van der Waals surface area contributed by atoms with Crippen LogP contribution < -0.4 is 5.48 Å². The molecule has 0 aliphatic heterocycles. The molecule has 2 rings (SSSR count).